The summed E-state index contributed by atoms with van der Waals surface area (Å²) >= 11 is 0. The van der Waals surface area contributed by atoms with Crippen molar-refractivity contribution in [3.63, 3.8) is 0 Å². The Morgan fingerprint density at radius 3 is 2.11 bits per heavy atom. The Hall–Kier alpha value is -2.08. The second-order valence-electron chi connectivity index (χ2n) is 4.97. The number of rotatable bonds is 4. The smallest absolute Gasteiger partial charge is 0.333 e. The fourth-order valence-electron chi connectivity index (χ4n) is 1.46. The van der Waals surface area contributed by atoms with E-state index in [0.717, 1.165) is 0 Å². The van der Waals surface area contributed by atoms with Crippen molar-refractivity contribution >= 4 is 17.7 Å². The largest absolute Gasteiger partial charge is 0.481 e. The molecule has 0 radical (unpaired) electrons. The van der Waals surface area contributed by atoms with Gasteiger partial charge >= 0.3 is 12.0 Å². The van der Waals surface area contributed by atoms with Gasteiger partial charge in [-0.15, -0.1) is 0 Å². The van der Waals surface area contributed by atoms with Crippen LogP contribution in [0.1, 0.15) is 19.4 Å². The minimum Gasteiger partial charge on any atom is -0.481 e. The molecule has 0 aromatic heterocycles. The molecule has 1 aromatic carbocycles. The molecular weight excluding hydrogens is 246 g/mol. The minimum absolute atomic E-state index is 0.352. The number of carbonyl (C=O) groups excluding carboxylic acids is 1. The number of nitrogens with one attached hydrogen (secondary N) is 2. The zero-order chi connectivity index (χ0) is 14.6. The lowest BCUT2D eigenvalue weighted by Gasteiger charge is -2.20. The third kappa shape index (κ3) is 3.96. The van der Waals surface area contributed by atoms with Gasteiger partial charge in [0.2, 0.25) is 0 Å². The number of aliphatic carboxylic acids is 1. The quantitative estimate of drug-likeness (QED) is 0.723. The Labute approximate surface area is 112 Å². The van der Waals surface area contributed by atoms with Gasteiger partial charge in [-0.05, 0) is 31.5 Å². The van der Waals surface area contributed by atoms with Crippen LogP contribution in [-0.4, -0.2) is 36.2 Å². The van der Waals surface area contributed by atoms with Crippen LogP contribution < -0.4 is 10.7 Å². The average Bonchev–Trinajstić information content (AvgIpc) is 2.28. The SMILES string of the molecule is CN(C)NC(=O)Nc1ccc(C(C)(C)C(=O)O)cc1. The van der Waals surface area contributed by atoms with E-state index in [1.54, 1.807) is 52.2 Å². The van der Waals surface area contributed by atoms with Gasteiger partial charge < -0.3 is 10.4 Å². The predicted molar refractivity (Wildman–Crippen MR) is 72.9 cm³/mol. The molecule has 1 aromatic rings. The van der Waals surface area contributed by atoms with Crippen LogP contribution in [0.25, 0.3) is 0 Å². The van der Waals surface area contributed by atoms with E-state index < -0.39 is 11.4 Å². The zero-order valence-corrected chi connectivity index (χ0v) is 11.5. The van der Waals surface area contributed by atoms with Crippen LogP contribution in [0.2, 0.25) is 0 Å². The van der Waals surface area contributed by atoms with Crippen molar-refractivity contribution < 1.29 is 14.7 Å². The van der Waals surface area contributed by atoms with E-state index in [2.05, 4.69) is 10.7 Å². The van der Waals surface area contributed by atoms with Gasteiger partial charge in [-0.25, -0.2) is 9.80 Å². The van der Waals surface area contributed by atoms with Gasteiger partial charge in [0.25, 0.3) is 0 Å². The van der Waals surface area contributed by atoms with Gasteiger partial charge in [0.15, 0.2) is 0 Å². The summed E-state index contributed by atoms with van der Waals surface area (Å²) in [4.78, 5) is 22.6. The number of anilines is 1. The lowest BCUT2D eigenvalue weighted by atomic mass is 9.85. The maximum atomic E-state index is 11.5. The van der Waals surface area contributed by atoms with E-state index >= 15 is 0 Å². The van der Waals surface area contributed by atoms with Gasteiger partial charge in [-0.2, -0.15) is 0 Å². The van der Waals surface area contributed by atoms with Crippen molar-refractivity contribution in [3.05, 3.63) is 29.8 Å². The van der Waals surface area contributed by atoms with Crippen LogP contribution in [0.15, 0.2) is 24.3 Å². The number of carboxylic acid groups (broad SMARTS) is 1. The van der Waals surface area contributed by atoms with Crippen LogP contribution in [-0.2, 0) is 10.2 Å². The summed E-state index contributed by atoms with van der Waals surface area (Å²) < 4.78 is 0. The first-order valence-corrected chi connectivity index (χ1v) is 5.82. The van der Waals surface area contributed by atoms with Crippen molar-refractivity contribution in [1.82, 2.24) is 10.4 Å². The number of urea groups is 1. The summed E-state index contributed by atoms with van der Waals surface area (Å²) in [7, 11) is 3.41. The van der Waals surface area contributed by atoms with Gasteiger partial charge in [-0.3, -0.25) is 10.2 Å². The van der Waals surface area contributed by atoms with E-state index in [-0.39, 0.29) is 6.03 Å². The van der Waals surface area contributed by atoms with Crippen LogP contribution in [0.3, 0.4) is 0 Å². The molecule has 0 aliphatic rings. The van der Waals surface area contributed by atoms with Crippen molar-refractivity contribution in [3.8, 4) is 0 Å². The number of hydrazine groups is 1. The third-order valence-electron chi connectivity index (χ3n) is 2.72. The summed E-state index contributed by atoms with van der Waals surface area (Å²) in [5.41, 5.74) is 2.87. The molecule has 0 aliphatic carbocycles. The molecule has 104 valence electrons. The maximum absolute atomic E-state index is 11.5. The first-order valence-electron chi connectivity index (χ1n) is 5.82. The highest BCUT2D eigenvalue weighted by Crippen LogP contribution is 2.24. The maximum Gasteiger partial charge on any atom is 0.333 e. The molecule has 0 spiro atoms. The normalized spacial score (nSPS) is 11.2. The van der Waals surface area contributed by atoms with Gasteiger partial charge in [-0.1, -0.05) is 12.1 Å². The molecule has 3 N–H and O–H groups in total. The highest BCUT2D eigenvalue weighted by atomic mass is 16.4. The van der Waals surface area contributed by atoms with Crippen LogP contribution in [0.4, 0.5) is 10.5 Å². The summed E-state index contributed by atoms with van der Waals surface area (Å²) in [6.45, 7) is 3.27. The molecule has 0 atom stereocenters. The summed E-state index contributed by atoms with van der Waals surface area (Å²) in [6.07, 6.45) is 0. The Kier molecular flexibility index (Phi) is 4.50. The molecule has 0 unspecified atom stereocenters. The van der Waals surface area contributed by atoms with E-state index in [1.807, 2.05) is 0 Å². The second-order valence-corrected chi connectivity index (χ2v) is 4.97. The van der Waals surface area contributed by atoms with Crippen LogP contribution in [0, 0.1) is 0 Å². The fourth-order valence-corrected chi connectivity index (χ4v) is 1.46. The first-order chi connectivity index (χ1) is 8.73. The number of hydrogen-bond donors (Lipinski definition) is 3. The molecule has 6 nitrogen and oxygen atoms in total. The number of carboxylic acids is 1. The van der Waals surface area contributed by atoms with Gasteiger partial charge in [0.1, 0.15) is 0 Å². The molecule has 0 aliphatic heterocycles. The highest BCUT2D eigenvalue weighted by molar-refractivity contribution is 5.89. The molecule has 0 fully saturated rings. The number of carbonyl (C=O) groups is 2. The summed E-state index contributed by atoms with van der Waals surface area (Å²) in [5, 5.41) is 13.3. The van der Waals surface area contributed by atoms with Crippen LogP contribution in [0.5, 0.6) is 0 Å². The molecule has 6 heteroatoms. The van der Waals surface area contributed by atoms with E-state index in [4.69, 9.17) is 5.11 Å². The Morgan fingerprint density at radius 2 is 1.68 bits per heavy atom. The minimum atomic E-state index is -0.954. The molecule has 1 rings (SSSR count). The second kappa shape index (κ2) is 5.71. The Balaban J connectivity index is 2.77. The van der Waals surface area contributed by atoms with Crippen LogP contribution >= 0.6 is 0 Å². The van der Waals surface area contributed by atoms with Gasteiger partial charge in [0, 0.05) is 19.8 Å². The van der Waals surface area contributed by atoms with Crippen molar-refractivity contribution in [2.45, 2.75) is 19.3 Å². The summed E-state index contributed by atoms with van der Waals surface area (Å²) in [6, 6.07) is 6.39. The first kappa shape index (κ1) is 15.0. The fraction of sp³-hybridized carbons (Fsp3) is 0.385. The monoisotopic (exact) mass is 265 g/mol. The molecule has 19 heavy (non-hydrogen) atoms. The summed E-state index contributed by atoms with van der Waals surface area (Å²) in [5.74, 6) is -0.890. The van der Waals surface area contributed by atoms with Crippen molar-refractivity contribution in [1.29, 1.82) is 0 Å². The molecular formula is C13H19N3O3. The average molecular weight is 265 g/mol. The zero-order valence-electron chi connectivity index (χ0n) is 11.5. The highest BCUT2D eigenvalue weighted by Gasteiger charge is 2.29. The Bertz CT molecular complexity index is 467. The van der Waals surface area contributed by atoms with Crippen molar-refractivity contribution in [2.24, 2.45) is 0 Å². The number of amides is 2. The molecule has 0 bridgehead atoms. The topological polar surface area (TPSA) is 81.7 Å². The van der Waals surface area contributed by atoms with Crippen molar-refractivity contribution in [2.75, 3.05) is 19.4 Å². The predicted octanol–water partition coefficient (Wildman–Crippen LogP) is 1.65. The molecule has 0 saturated heterocycles. The Morgan fingerprint density at radius 1 is 1.16 bits per heavy atom. The van der Waals surface area contributed by atoms with Gasteiger partial charge in [0.05, 0.1) is 5.41 Å². The number of hydrogen-bond acceptors (Lipinski definition) is 3. The molecule has 0 heterocycles. The van der Waals surface area contributed by atoms with E-state index in [1.165, 1.54) is 5.01 Å². The standard InChI is InChI=1S/C13H19N3O3/c1-13(2,11(17)18)9-5-7-10(8-6-9)14-12(19)15-16(3)4/h5-8H,1-4H3,(H,17,18)(H2,14,15,19). The third-order valence-corrected chi connectivity index (χ3v) is 2.72. The van der Waals surface area contributed by atoms with E-state index in [0.29, 0.717) is 11.3 Å². The number of nitrogens with zero attached hydrogens (tertiary/aromatic N) is 1. The lowest BCUT2D eigenvalue weighted by Crippen LogP contribution is -2.39. The molecule has 2 amide bonds. The number of benzene rings is 1. The molecule has 0 saturated carbocycles. The van der Waals surface area contributed by atoms with E-state index in [9.17, 15) is 9.59 Å². The lowest BCUT2D eigenvalue weighted by molar-refractivity contribution is -0.142.